The summed E-state index contributed by atoms with van der Waals surface area (Å²) in [7, 11) is 0. The van der Waals surface area contributed by atoms with Gasteiger partial charge in [-0.3, -0.25) is 5.10 Å². The van der Waals surface area contributed by atoms with Crippen LogP contribution < -0.4 is 5.73 Å². The zero-order valence-electron chi connectivity index (χ0n) is 7.19. The molecule has 0 amide bonds. The second-order valence-electron chi connectivity index (χ2n) is 2.78. The number of nitrogens with one attached hydrogen (secondary N) is 1. The minimum absolute atomic E-state index is 0.148. The second kappa shape index (κ2) is 3.82. The van der Waals surface area contributed by atoms with Crippen molar-refractivity contribution in [3.8, 4) is 0 Å². The molecule has 3 N–H and O–H groups in total. The van der Waals surface area contributed by atoms with Crippen molar-refractivity contribution in [3.05, 3.63) is 11.6 Å². The molecule has 2 heterocycles. The summed E-state index contributed by atoms with van der Waals surface area (Å²) < 4.78 is 10.6. The van der Waals surface area contributed by atoms with Crippen molar-refractivity contribution in [2.24, 2.45) is 5.73 Å². The summed E-state index contributed by atoms with van der Waals surface area (Å²) in [5, 5.41) is 6.72. The van der Waals surface area contributed by atoms with Crippen molar-refractivity contribution < 1.29 is 9.47 Å². The Morgan fingerprint density at radius 2 is 2.46 bits per heavy atom. The maximum absolute atomic E-state index is 5.41. The first-order valence-electron chi connectivity index (χ1n) is 4.20. The lowest BCUT2D eigenvalue weighted by atomic mass is 10.3. The van der Waals surface area contributed by atoms with Crippen LogP contribution in [0.15, 0.2) is 0 Å². The van der Waals surface area contributed by atoms with E-state index < -0.39 is 0 Å². The second-order valence-corrected chi connectivity index (χ2v) is 2.78. The number of rotatable bonds is 2. The summed E-state index contributed by atoms with van der Waals surface area (Å²) in [4.78, 5) is 4.16. The molecular weight excluding hydrogens is 172 g/mol. The number of nitrogens with zero attached hydrogens (tertiary/aromatic N) is 2. The quantitative estimate of drug-likeness (QED) is 0.638. The molecule has 0 aromatic carbocycles. The highest BCUT2D eigenvalue weighted by molar-refractivity contribution is 4.94. The van der Waals surface area contributed by atoms with E-state index in [4.69, 9.17) is 15.2 Å². The third kappa shape index (κ3) is 1.85. The van der Waals surface area contributed by atoms with E-state index in [1.54, 1.807) is 0 Å². The van der Waals surface area contributed by atoms with Gasteiger partial charge in [0.05, 0.1) is 26.4 Å². The van der Waals surface area contributed by atoms with Crippen molar-refractivity contribution in [1.29, 1.82) is 0 Å². The van der Waals surface area contributed by atoms with Gasteiger partial charge in [-0.1, -0.05) is 0 Å². The molecule has 2 rings (SSSR count). The van der Waals surface area contributed by atoms with Gasteiger partial charge in [0.15, 0.2) is 5.82 Å². The van der Waals surface area contributed by atoms with Gasteiger partial charge in [0, 0.05) is 0 Å². The van der Waals surface area contributed by atoms with E-state index >= 15 is 0 Å². The van der Waals surface area contributed by atoms with Gasteiger partial charge in [-0.2, -0.15) is 5.10 Å². The summed E-state index contributed by atoms with van der Waals surface area (Å²) in [5.74, 6) is 1.30. The number of nitrogens with two attached hydrogens (primary N) is 1. The van der Waals surface area contributed by atoms with Crippen LogP contribution in [0.2, 0.25) is 0 Å². The Bertz CT molecular complexity index is 269. The molecule has 0 aliphatic carbocycles. The minimum Gasteiger partial charge on any atom is -0.376 e. The van der Waals surface area contributed by atoms with Crippen molar-refractivity contribution >= 4 is 0 Å². The normalized spacial score (nSPS) is 23.3. The van der Waals surface area contributed by atoms with Crippen molar-refractivity contribution in [2.75, 3.05) is 19.8 Å². The van der Waals surface area contributed by atoms with Crippen LogP contribution in [0.1, 0.15) is 17.8 Å². The minimum atomic E-state index is -0.148. The number of hydrogen-bond donors (Lipinski definition) is 2. The molecular formula is C7H12N4O2. The van der Waals surface area contributed by atoms with Gasteiger partial charge < -0.3 is 15.2 Å². The van der Waals surface area contributed by atoms with Gasteiger partial charge in [0.1, 0.15) is 11.9 Å². The monoisotopic (exact) mass is 184 g/mol. The van der Waals surface area contributed by atoms with Crippen LogP contribution in [-0.2, 0) is 16.0 Å². The molecule has 1 aromatic rings. The van der Waals surface area contributed by atoms with Crippen LogP contribution in [0, 0.1) is 0 Å². The van der Waals surface area contributed by atoms with E-state index in [1.807, 2.05) is 0 Å². The van der Waals surface area contributed by atoms with Crippen LogP contribution >= 0.6 is 0 Å². The molecule has 6 heteroatoms. The highest BCUT2D eigenvalue weighted by Gasteiger charge is 2.20. The molecule has 1 atom stereocenters. The molecule has 72 valence electrons. The first-order valence-corrected chi connectivity index (χ1v) is 4.20. The maximum atomic E-state index is 5.41. The molecule has 0 radical (unpaired) electrons. The van der Waals surface area contributed by atoms with Gasteiger partial charge in [-0.15, -0.1) is 0 Å². The Balaban J connectivity index is 2.05. The molecule has 13 heavy (non-hydrogen) atoms. The maximum Gasteiger partial charge on any atom is 0.181 e. The Morgan fingerprint density at radius 1 is 1.54 bits per heavy atom. The van der Waals surface area contributed by atoms with E-state index in [-0.39, 0.29) is 6.10 Å². The van der Waals surface area contributed by atoms with Crippen molar-refractivity contribution in [2.45, 2.75) is 12.6 Å². The highest BCUT2D eigenvalue weighted by Crippen LogP contribution is 2.16. The topological polar surface area (TPSA) is 86.1 Å². The van der Waals surface area contributed by atoms with Crippen molar-refractivity contribution in [1.82, 2.24) is 15.2 Å². The number of aromatic nitrogens is 3. The largest absolute Gasteiger partial charge is 0.376 e. The van der Waals surface area contributed by atoms with E-state index in [0.717, 1.165) is 0 Å². The van der Waals surface area contributed by atoms with Crippen LogP contribution in [-0.4, -0.2) is 35.0 Å². The Kier molecular flexibility index (Phi) is 2.53. The van der Waals surface area contributed by atoms with Crippen molar-refractivity contribution in [3.63, 3.8) is 0 Å². The zero-order chi connectivity index (χ0) is 9.10. The summed E-state index contributed by atoms with van der Waals surface area (Å²) in [6.07, 6.45) is -0.148. The van der Waals surface area contributed by atoms with E-state index in [1.165, 1.54) is 0 Å². The van der Waals surface area contributed by atoms with Crippen LogP contribution in [0.5, 0.6) is 0 Å². The zero-order valence-corrected chi connectivity index (χ0v) is 7.19. The van der Waals surface area contributed by atoms with Crippen LogP contribution in [0.25, 0.3) is 0 Å². The molecule has 1 saturated heterocycles. The smallest absolute Gasteiger partial charge is 0.181 e. The Labute approximate surface area is 75.4 Å². The predicted molar refractivity (Wildman–Crippen MR) is 43.8 cm³/mol. The van der Waals surface area contributed by atoms with Gasteiger partial charge in [0.2, 0.25) is 0 Å². The van der Waals surface area contributed by atoms with Gasteiger partial charge in [0.25, 0.3) is 0 Å². The average molecular weight is 184 g/mol. The van der Waals surface area contributed by atoms with E-state index in [2.05, 4.69) is 15.2 Å². The molecule has 1 aromatic heterocycles. The summed E-state index contributed by atoms with van der Waals surface area (Å²) in [6.45, 7) is 2.12. The molecule has 1 fully saturated rings. The van der Waals surface area contributed by atoms with Gasteiger partial charge in [-0.25, -0.2) is 4.98 Å². The van der Waals surface area contributed by atoms with E-state index in [9.17, 15) is 0 Å². The molecule has 1 aliphatic rings. The number of hydrogen-bond acceptors (Lipinski definition) is 5. The first-order chi connectivity index (χ1) is 6.40. The van der Waals surface area contributed by atoms with Gasteiger partial charge >= 0.3 is 0 Å². The summed E-state index contributed by atoms with van der Waals surface area (Å²) in [5.41, 5.74) is 5.39. The number of H-pyrrole nitrogens is 1. The van der Waals surface area contributed by atoms with Crippen LogP contribution in [0.4, 0.5) is 0 Å². The summed E-state index contributed by atoms with van der Waals surface area (Å²) >= 11 is 0. The highest BCUT2D eigenvalue weighted by atomic mass is 16.6. The molecule has 6 nitrogen and oxygen atoms in total. The Morgan fingerprint density at radius 3 is 3.08 bits per heavy atom. The number of aromatic amines is 1. The fourth-order valence-electron chi connectivity index (χ4n) is 1.18. The molecule has 1 unspecified atom stereocenters. The fraction of sp³-hybridized carbons (Fsp3) is 0.714. The molecule has 0 bridgehead atoms. The average Bonchev–Trinajstić information content (AvgIpc) is 2.67. The standard InChI is InChI=1S/C7H12N4O2/c8-3-6-9-7(11-10-6)5-4-12-1-2-13-5/h5H,1-4,8H2,(H,9,10,11). The lowest BCUT2D eigenvalue weighted by molar-refractivity contribution is -0.0934. The molecule has 0 spiro atoms. The number of ether oxygens (including phenoxy) is 2. The first kappa shape index (κ1) is 8.61. The SMILES string of the molecule is NCc1nc(C2COCCO2)n[nH]1. The fourth-order valence-corrected chi connectivity index (χ4v) is 1.18. The lowest BCUT2D eigenvalue weighted by Gasteiger charge is -2.19. The van der Waals surface area contributed by atoms with Gasteiger partial charge in [-0.05, 0) is 0 Å². The third-order valence-electron chi connectivity index (χ3n) is 1.85. The summed E-state index contributed by atoms with van der Waals surface area (Å²) in [6, 6.07) is 0. The Hall–Kier alpha value is -0.980. The predicted octanol–water partition coefficient (Wildman–Crippen LogP) is -0.649. The molecule has 1 aliphatic heterocycles. The third-order valence-corrected chi connectivity index (χ3v) is 1.85. The van der Waals surface area contributed by atoms with E-state index in [0.29, 0.717) is 38.0 Å². The lowest BCUT2D eigenvalue weighted by Crippen LogP contribution is -2.22. The van der Waals surface area contributed by atoms with Crippen LogP contribution in [0.3, 0.4) is 0 Å². The molecule has 0 saturated carbocycles.